The van der Waals surface area contributed by atoms with Crippen LogP contribution in [0.15, 0.2) is 60.7 Å². The van der Waals surface area contributed by atoms with E-state index in [2.05, 4.69) is 36.3 Å². The summed E-state index contributed by atoms with van der Waals surface area (Å²) in [6, 6.07) is 11.8. The van der Waals surface area contributed by atoms with E-state index in [9.17, 15) is 28.0 Å². The zero-order valence-electron chi connectivity index (χ0n) is 25.7. The van der Waals surface area contributed by atoms with Gasteiger partial charge in [0.1, 0.15) is 23.0 Å². The van der Waals surface area contributed by atoms with E-state index in [1.165, 1.54) is 36.4 Å². The van der Waals surface area contributed by atoms with Gasteiger partial charge >= 0.3 is 0 Å². The van der Waals surface area contributed by atoms with Crippen molar-refractivity contribution in [2.45, 2.75) is 31.6 Å². The molecule has 12 nitrogen and oxygen atoms in total. The number of hydrogen-bond acceptors (Lipinski definition) is 8. The van der Waals surface area contributed by atoms with Crippen LogP contribution >= 0.6 is 0 Å². The average molecular weight is 655 g/mol. The van der Waals surface area contributed by atoms with Crippen molar-refractivity contribution < 1.29 is 28.0 Å². The molecule has 7 N–H and O–H groups in total. The summed E-state index contributed by atoms with van der Waals surface area (Å²) >= 11 is 0. The van der Waals surface area contributed by atoms with Crippen molar-refractivity contribution >= 4 is 34.8 Å². The number of hydrogen-bond donors (Lipinski definition) is 6. The Labute approximate surface area is 273 Å². The Bertz CT molecular complexity index is 1940. The Morgan fingerprint density at radius 1 is 0.708 bits per heavy atom. The Kier molecular flexibility index (Phi) is 9.45. The molecule has 4 amide bonds. The van der Waals surface area contributed by atoms with Crippen molar-refractivity contribution in [3.63, 3.8) is 0 Å². The molecule has 0 radical (unpaired) electrons. The molecular formula is C34H32F2N8O4. The molecule has 1 saturated heterocycles. The molecule has 48 heavy (non-hydrogen) atoms. The smallest absolute Gasteiger partial charge is 0.259 e. The number of nitrogens with two attached hydrogens (primary N) is 1. The molecule has 0 saturated carbocycles. The minimum absolute atomic E-state index is 0.224. The van der Waals surface area contributed by atoms with Gasteiger partial charge in [-0.05, 0) is 93.8 Å². The van der Waals surface area contributed by atoms with Gasteiger partial charge in [0.2, 0.25) is 0 Å². The number of benzene rings is 2. The third-order valence-electron chi connectivity index (χ3n) is 8.30. The summed E-state index contributed by atoms with van der Waals surface area (Å²) in [4.78, 5) is 47.4. The second-order valence-corrected chi connectivity index (χ2v) is 11.5. The van der Waals surface area contributed by atoms with Crippen LogP contribution in [0.1, 0.15) is 47.7 Å². The number of nitrogens with zero attached hydrogens (tertiary/aromatic N) is 2. The Hall–Kier alpha value is -5.60. The number of piperidine rings is 1. The number of halogens is 2. The second-order valence-electron chi connectivity index (χ2n) is 11.5. The number of amides is 4. The summed E-state index contributed by atoms with van der Waals surface area (Å²) in [6.45, 7) is 2.27. The first-order valence-corrected chi connectivity index (χ1v) is 15.5. The summed E-state index contributed by atoms with van der Waals surface area (Å²) in [5.41, 5.74) is 11.3. The quantitative estimate of drug-likeness (QED) is 0.157. The van der Waals surface area contributed by atoms with Crippen LogP contribution in [0, 0.1) is 11.6 Å². The lowest BCUT2D eigenvalue weighted by Gasteiger charge is -2.22. The van der Waals surface area contributed by atoms with Gasteiger partial charge in [-0.2, -0.15) is 10.2 Å². The van der Waals surface area contributed by atoms with Gasteiger partial charge in [-0.15, -0.1) is 0 Å². The maximum Gasteiger partial charge on any atom is 0.259 e. The predicted octanol–water partition coefficient (Wildman–Crippen LogP) is 2.87. The molecule has 2 aromatic heterocycles. The maximum atomic E-state index is 13.3. The van der Waals surface area contributed by atoms with E-state index >= 15 is 0 Å². The third-order valence-corrected chi connectivity index (χ3v) is 8.30. The van der Waals surface area contributed by atoms with Gasteiger partial charge in [-0.1, -0.05) is 0 Å². The highest BCUT2D eigenvalue weighted by atomic mass is 19.1. The molecule has 0 unspecified atom stereocenters. The van der Waals surface area contributed by atoms with Gasteiger partial charge in [0.15, 0.2) is 0 Å². The SMILES string of the molecule is NCCCc1[nH]nc(-c2ccc(F)cc2)c1C1=CC(=O)NC1=O.O=C1C=C(c2c(-c3ccc(F)cc3)n[nH]c2C2CCNCC2)C(=O)N1. The lowest BCUT2D eigenvalue weighted by atomic mass is 9.88. The molecule has 14 heteroatoms. The first-order chi connectivity index (χ1) is 23.2. The van der Waals surface area contributed by atoms with Gasteiger partial charge in [0.05, 0.1) is 11.1 Å². The summed E-state index contributed by atoms with van der Waals surface area (Å²) in [5, 5.41) is 22.4. The molecule has 0 spiro atoms. The molecule has 0 bridgehead atoms. The van der Waals surface area contributed by atoms with Crippen molar-refractivity contribution in [2.75, 3.05) is 19.6 Å². The number of aryl methyl sites for hydroxylation is 1. The zero-order chi connectivity index (χ0) is 33.8. The van der Waals surface area contributed by atoms with Gasteiger partial charge in [-0.25, -0.2) is 8.78 Å². The number of aromatic amines is 2. The normalized spacial score (nSPS) is 16.3. The van der Waals surface area contributed by atoms with Crippen molar-refractivity contribution in [3.05, 3.63) is 94.8 Å². The van der Waals surface area contributed by atoms with Gasteiger partial charge < -0.3 is 11.1 Å². The van der Waals surface area contributed by atoms with Crippen LogP contribution in [0.25, 0.3) is 33.7 Å². The second kappa shape index (κ2) is 14.0. The average Bonchev–Trinajstić information content (AvgIpc) is 3.86. The lowest BCUT2D eigenvalue weighted by molar-refractivity contribution is -0.124. The molecule has 3 aliphatic rings. The van der Waals surface area contributed by atoms with E-state index in [0.29, 0.717) is 58.6 Å². The minimum Gasteiger partial charge on any atom is -0.330 e. The molecule has 0 atom stereocenters. The number of H-pyrrole nitrogens is 2. The van der Waals surface area contributed by atoms with Gasteiger partial charge in [-0.3, -0.25) is 40.0 Å². The van der Waals surface area contributed by atoms with Crippen LogP contribution in [-0.2, 0) is 25.6 Å². The Balaban J connectivity index is 0.000000168. The minimum atomic E-state index is -0.464. The molecule has 4 aromatic rings. The maximum absolute atomic E-state index is 13.3. The third kappa shape index (κ3) is 6.75. The summed E-state index contributed by atoms with van der Waals surface area (Å²) in [6.07, 6.45) is 5.71. The van der Waals surface area contributed by atoms with E-state index in [-0.39, 0.29) is 23.1 Å². The van der Waals surface area contributed by atoms with Gasteiger partial charge in [0.25, 0.3) is 23.6 Å². The van der Waals surface area contributed by atoms with Crippen LogP contribution in [0.3, 0.4) is 0 Å². The number of carbonyl (C=O) groups is 4. The zero-order valence-corrected chi connectivity index (χ0v) is 25.7. The first-order valence-electron chi connectivity index (χ1n) is 15.5. The number of nitrogens with one attached hydrogen (secondary N) is 5. The van der Waals surface area contributed by atoms with Crippen molar-refractivity contribution in [3.8, 4) is 22.5 Å². The largest absolute Gasteiger partial charge is 0.330 e. The first kappa shape index (κ1) is 32.3. The highest BCUT2D eigenvalue weighted by Gasteiger charge is 2.32. The monoisotopic (exact) mass is 654 g/mol. The molecule has 1 fully saturated rings. The van der Waals surface area contributed by atoms with Crippen molar-refractivity contribution in [1.82, 2.24) is 36.3 Å². The fourth-order valence-electron chi connectivity index (χ4n) is 5.99. The molecule has 2 aromatic carbocycles. The van der Waals surface area contributed by atoms with E-state index < -0.39 is 23.6 Å². The van der Waals surface area contributed by atoms with E-state index in [1.807, 2.05) is 0 Å². The van der Waals surface area contributed by atoms with Crippen LogP contribution in [-0.4, -0.2) is 63.7 Å². The molecular weight excluding hydrogens is 622 g/mol. The molecule has 5 heterocycles. The number of imide groups is 2. The highest BCUT2D eigenvalue weighted by Crippen LogP contribution is 2.37. The predicted molar refractivity (Wildman–Crippen MR) is 172 cm³/mol. The van der Waals surface area contributed by atoms with Crippen molar-refractivity contribution in [1.29, 1.82) is 0 Å². The van der Waals surface area contributed by atoms with Crippen molar-refractivity contribution in [2.24, 2.45) is 5.73 Å². The number of aromatic nitrogens is 4. The lowest BCUT2D eigenvalue weighted by Crippen LogP contribution is -2.27. The van der Waals surface area contributed by atoms with Crippen LogP contribution < -0.4 is 21.7 Å². The number of carbonyl (C=O) groups excluding carboxylic acids is 4. The van der Waals surface area contributed by atoms with Crippen LogP contribution in [0.5, 0.6) is 0 Å². The van der Waals surface area contributed by atoms with Crippen LogP contribution in [0.4, 0.5) is 8.78 Å². The van der Waals surface area contributed by atoms with E-state index in [0.717, 1.165) is 37.3 Å². The fraction of sp³-hybridized carbons (Fsp3) is 0.235. The molecule has 0 aliphatic carbocycles. The highest BCUT2D eigenvalue weighted by molar-refractivity contribution is 6.35. The van der Waals surface area contributed by atoms with E-state index in [1.54, 1.807) is 24.3 Å². The topological polar surface area (TPSA) is 188 Å². The van der Waals surface area contributed by atoms with E-state index in [4.69, 9.17) is 5.73 Å². The molecule has 3 aliphatic heterocycles. The van der Waals surface area contributed by atoms with Gasteiger partial charge in [0, 0.05) is 51.7 Å². The Morgan fingerprint density at radius 3 is 1.71 bits per heavy atom. The standard InChI is InChI=1S/C18H17FN4O2.C16H15FN4O2/c19-12-3-1-10(2-4-12)16-15(13-9-14(24)21-18(13)25)17(23-22-16)11-5-7-20-8-6-11;17-10-5-3-9(4-6-10)15-14(11-8-13(22)19-16(11)23)12(20-21-15)2-1-7-18/h1-4,9,11,20H,5-8H2,(H,22,23)(H,21,24,25);3-6,8H,1-2,7,18H2,(H,20,21)(H,19,22,23). The molecule has 246 valence electrons. The summed E-state index contributed by atoms with van der Waals surface area (Å²) < 4.78 is 26.4. The summed E-state index contributed by atoms with van der Waals surface area (Å²) in [5.74, 6) is -2.25. The fourth-order valence-corrected chi connectivity index (χ4v) is 5.99. The van der Waals surface area contributed by atoms with Crippen LogP contribution in [0.2, 0.25) is 0 Å². The summed E-state index contributed by atoms with van der Waals surface area (Å²) in [7, 11) is 0. The number of rotatable bonds is 8. The molecule has 7 rings (SSSR count). The Morgan fingerprint density at radius 2 is 1.21 bits per heavy atom.